The zero-order valence-electron chi connectivity index (χ0n) is 12.8. The van der Waals surface area contributed by atoms with E-state index in [1.165, 1.54) is 0 Å². The highest BCUT2D eigenvalue weighted by Crippen LogP contribution is 2.26. The minimum atomic E-state index is -3.51. The zero-order chi connectivity index (χ0) is 15.5. The van der Waals surface area contributed by atoms with E-state index >= 15 is 0 Å². The van der Waals surface area contributed by atoms with Gasteiger partial charge >= 0.3 is 0 Å². The Morgan fingerprint density at radius 2 is 1.90 bits per heavy atom. The van der Waals surface area contributed by atoms with E-state index in [9.17, 15) is 8.42 Å². The summed E-state index contributed by atoms with van der Waals surface area (Å²) in [4.78, 5) is 0.329. The number of benzene rings is 1. The molecule has 1 fully saturated rings. The summed E-state index contributed by atoms with van der Waals surface area (Å²) in [5, 5.41) is 0. The van der Waals surface area contributed by atoms with Crippen LogP contribution in [-0.4, -0.2) is 34.3 Å². The fourth-order valence-corrected chi connectivity index (χ4v) is 4.08. The van der Waals surface area contributed by atoms with Crippen LogP contribution in [0.15, 0.2) is 17.0 Å². The summed E-state index contributed by atoms with van der Waals surface area (Å²) in [6.07, 6.45) is 1.43. The Hall–Kier alpha value is -1.11. The Morgan fingerprint density at radius 1 is 1.24 bits per heavy atom. The monoisotopic (exact) mass is 313 g/mol. The second kappa shape index (κ2) is 6.77. The van der Waals surface area contributed by atoms with Crippen molar-refractivity contribution in [2.45, 2.75) is 44.6 Å². The van der Waals surface area contributed by atoms with Crippen LogP contribution >= 0.6 is 0 Å². The molecular formula is C15H23NO4S. The summed E-state index contributed by atoms with van der Waals surface area (Å²) in [7, 11) is -3.51. The molecule has 1 aromatic carbocycles. The number of hydrogen-bond acceptors (Lipinski definition) is 4. The summed E-state index contributed by atoms with van der Waals surface area (Å²) in [5.74, 6) is 0.736. The third kappa shape index (κ3) is 3.96. The molecule has 21 heavy (non-hydrogen) atoms. The van der Waals surface area contributed by atoms with Gasteiger partial charge in [0.1, 0.15) is 5.75 Å². The van der Waals surface area contributed by atoms with Crippen molar-refractivity contribution in [1.82, 2.24) is 4.72 Å². The lowest BCUT2D eigenvalue weighted by Gasteiger charge is -2.23. The van der Waals surface area contributed by atoms with Gasteiger partial charge in [-0.25, -0.2) is 13.1 Å². The molecule has 6 heteroatoms. The molecule has 1 aliphatic heterocycles. The maximum atomic E-state index is 12.5. The van der Waals surface area contributed by atoms with E-state index in [0.29, 0.717) is 43.1 Å². The van der Waals surface area contributed by atoms with Crippen LogP contribution in [0.4, 0.5) is 0 Å². The van der Waals surface area contributed by atoms with Gasteiger partial charge in [-0.3, -0.25) is 0 Å². The topological polar surface area (TPSA) is 64.6 Å². The van der Waals surface area contributed by atoms with E-state index in [0.717, 1.165) is 11.3 Å². The molecule has 0 aliphatic carbocycles. The minimum absolute atomic E-state index is 0.0463. The molecular weight excluding hydrogens is 290 g/mol. The number of hydrogen-bond donors (Lipinski definition) is 1. The van der Waals surface area contributed by atoms with E-state index in [1.54, 1.807) is 19.1 Å². The molecule has 0 saturated carbocycles. The lowest BCUT2D eigenvalue weighted by Crippen LogP contribution is -2.39. The van der Waals surface area contributed by atoms with Crippen molar-refractivity contribution in [3.05, 3.63) is 23.3 Å². The van der Waals surface area contributed by atoms with Gasteiger partial charge in [0.05, 0.1) is 11.5 Å². The maximum Gasteiger partial charge on any atom is 0.241 e. The first kappa shape index (κ1) is 16.3. The number of sulfonamides is 1. The second-order valence-electron chi connectivity index (χ2n) is 5.32. The lowest BCUT2D eigenvalue weighted by atomic mass is 10.1. The van der Waals surface area contributed by atoms with Crippen LogP contribution in [0.2, 0.25) is 0 Å². The van der Waals surface area contributed by atoms with Gasteiger partial charge in [0.25, 0.3) is 0 Å². The van der Waals surface area contributed by atoms with Gasteiger partial charge in [0, 0.05) is 19.3 Å². The van der Waals surface area contributed by atoms with Crippen molar-refractivity contribution < 1.29 is 17.9 Å². The lowest BCUT2D eigenvalue weighted by molar-refractivity contribution is 0.0832. The summed E-state index contributed by atoms with van der Waals surface area (Å²) in [6.45, 7) is 7.33. The van der Waals surface area contributed by atoms with E-state index in [4.69, 9.17) is 9.47 Å². The number of rotatable bonds is 5. The van der Waals surface area contributed by atoms with Crippen LogP contribution in [0.5, 0.6) is 5.75 Å². The molecule has 1 aliphatic rings. The Labute approximate surface area is 126 Å². The highest BCUT2D eigenvalue weighted by Gasteiger charge is 2.24. The Morgan fingerprint density at radius 3 is 2.52 bits per heavy atom. The zero-order valence-corrected chi connectivity index (χ0v) is 13.6. The third-order valence-corrected chi connectivity index (χ3v) is 5.27. The molecule has 1 saturated heterocycles. The smallest absolute Gasteiger partial charge is 0.241 e. The molecule has 5 nitrogen and oxygen atoms in total. The number of nitrogens with one attached hydrogen (secondary N) is 1. The van der Waals surface area contributed by atoms with Crippen molar-refractivity contribution in [3.8, 4) is 5.75 Å². The largest absolute Gasteiger partial charge is 0.494 e. The van der Waals surface area contributed by atoms with Crippen molar-refractivity contribution in [2.75, 3.05) is 19.8 Å². The van der Waals surface area contributed by atoms with Gasteiger partial charge in [0.2, 0.25) is 10.0 Å². The Bertz CT molecular complexity index is 592. The van der Waals surface area contributed by atoms with Gasteiger partial charge in [-0.05, 0) is 56.9 Å². The predicted octanol–water partition coefficient (Wildman–Crippen LogP) is 2.16. The van der Waals surface area contributed by atoms with E-state index < -0.39 is 10.0 Å². The molecule has 2 rings (SSSR count). The first-order valence-electron chi connectivity index (χ1n) is 7.28. The molecule has 0 atom stereocenters. The fourth-order valence-electron chi connectivity index (χ4n) is 2.46. The van der Waals surface area contributed by atoms with Crippen LogP contribution in [0.3, 0.4) is 0 Å². The molecule has 0 spiro atoms. The molecule has 0 aromatic heterocycles. The van der Waals surface area contributed by atoms with E-state index in [2.05, 4.69) is 4.72 Å². The average molecular weight is 313 g/mol. The summed E-state index contributed by atoms with van der Waals surface area (Å²) in [5.41, 5.74) is 1.53. The van der Waals surface area contributed by atoms with Crippen LogP contribution in [0.1, 0.15) is 30.9 Å². The van der Waals surface area contributed by atoms with Gasteiger partial charge < -0.3 is 9.47 Å². The first-order valence-corrected chi connectivity index (χ1v) is 8.76. The SMILES string of the molecule is CCOc1cc(C)c(S(=O)(=O)NC2CCOCC2)cc1C. The van der Waals surface area contributed by atoms with Crippen molar-refractivity contribution in [2.24, 2.45) is 0 Å². The second-order valence-corrected chi connectivity index (χ2v) is 7.01. The molecule has 0 amide bonds. The summed E-state index contributed by atoms with van der Waals surface area (Å²) >= 11 is 0. The fraction of sp³-hybridized carbons (Fsp3) is 0.600. The third-order valence-electron chi connectivity index (χ3n) is 3.60. The van der Waals surface area contributed by atoms with Crippen LogP contribution in [0, 0.1) is 13.8 Å². The first-order chi connectivity index (χ1) is 9.94. The van der Waals surface area contributed by atoms with Crippen LogP contribution in [-0.2, 0) is 14.8 Å². The number of ether oxygens (including phenoxy) is 2. The molecule has 118 valence electrons. The standard InChI is InChI=1S/C15H23NO4S/c1-4-20-14-9-12(3)15(10-11(14)2)21(17,18)16-13-5-7-19-8-6-13/h9-10,13,16H,4-8H2,1-3H3. The van der Waals surface area contributed by atoms with E-state index in [-0.39, 0.29) is 6.04 Å². The quantitative estimate of drug-likeness (QED) is 0.905. The maximum absolute atomic E-state index is 12.5. The summed E-state index contributed by atoms with van der Waals surface area (Å²) < 4.78 is 38.6. The van der Waals surface area contributed by atoms with E-state index in [1.807, 2.05) is 13.8 Å². The van der Waals surface area contributed by atoms with Gasteiger partial charge in [-0.1, -0.05) is 0 Å². The highest BCUT2D eigenvalue weighted by atomic mass is 32.2. The summed E-state index contributed by atoms with van der Waals surface area (Å²) in [6, 6.07) is 3.43. The molecule has 1 N–H and O–H groups in total. The average Bonchev–Trinajstić information content (AvgIpc) is 2.43. The van der Waals surface area contributed by atoms with Gasteiger partial charge in [-0.15, -0.1) is 0 Å². The van der Waals surface area contributed by atoms with Crippen molar-refractivity contribution in [1.29, 1.82) is 0 Å². The molecule has 1 heterocycles. The normalized spacial score (nSPS) is 16.9. The van der Waals surface area contributed by atoms with Crippen molar-refractivity contribution in [3.63, 3.8) is 0 Å². The molecule has 1 aromatic rings. The van der Waals surface area contributed by atoms with Crippen molar-refractivity contribution >= 4 is 10.0 Å². The Balaban J connectivity index is 2.24. The van der Waals surface area contributed by atoms with Gasteiger partial charge in [-0.2, -0.15) is 0 Å². The minimum Gasteiger partial charge on any atom is -0.494 e. The molecule has 0 unspecified atom stereocenters. The molecule has 0 radical (unpaired) electrons. The highest BCUT2D eigenvalue weighted by molar-refractivity contribution is 7.89. The van der Waals surface area contributed by atoms with Crippen LogP contribution < -0.4 is 9.46 Å². The Kier molecular flexibility index (Phi) is 5.24. The predicted molar refractivity (Wildman–Crippen MR) is 81.2 cm³/mol. The van der Waals surface area contributed by atoms with Crippen LogP contribution in [0.25, 0.3) is 0 Å². The van der Waals surface area contributed by atoms with Gasteiger partial charge in [0.15, 0.2) is 0 Å². The number of aryl methyl sites for hydroxylation is 2. The molecule has 0 bridgehead atoms.